The molecule has 2 rings (SSSR count). The minimum Gasteiger partial charge on any atom is -0.481 e. The molecule has 1 N–H and O–H groups in total. The van der Waals surface area contributed by atoms with Crippen LogP contribution in [-0.2, 0) is 16.4 Å². The van der Waals surface area contributed by atoms with E-state index in [1.807, 2.05) is 0 Å². The molecule has 0 saturated heterocycles. The summed E-state index contributed by atoms with van der Waals surface area (Å²) in [5, 5.41) is 8.93. The van der Waals surface area contributed by atoms with E-state index >= 15 is 0 Å². The zero-order chi connectivity index (χ0) is 12.0. The van der Waals surface area contributed by atoms with Gasteiger partial charge in [0.1, 0.15) is 11.1 Å². The lowest BCUT2D eigenvalue weighted by Crippen LogP contribution is -2.22. The molecule has 0 unspecified atom stereocenters. The van der Waals surface area contributed by atoms with Crippen LogP contribution in [-0.4, -0.2) is 16.1 Å². The van der Waals surface area contributed by atoms with E-state index in [1.54, 1.807) is 0 Å². The Kier molecular flexibility index (Phi) is 2.18. The normalized spacial score (nSPS) is 18.2. The largest absolute Gasteiger partial charge is 0.481 e. The van der Waals surface area contributed by atoms with Crippen molar-refractivity contribution in [2.75, 3.05) is 0 Å². The van der Waals surface area contributed by atoms with Crippen molar-refractivity contribution in [1.29, 1.82) is 0 Å². The van der Waals surface area contributed by atoms with Crippen molar-refractivity contribution in [2.45, 2.75) is 24.4 Å². The molecule has 0 aromatic carbocycles. The van der Waals surface area contributed by atoms with E-state index in [0.717, 1.165) is 6.07 Å². The predicted octanol–water partition coefficient (Wildman–Crippen LogP) is 2.22. The number of pyridine rings is 1. The average Bonchev–Trinajstić information content (AvgIpc) is 2.97. The molecule has 0 atom stereocenters. The second-order valence-electron chi connectivity index (χ2n) is 3.79. The van der Waals surface area contributed by atoms with Crippen LogP contribution in [0.4, 0.5) is 13.2 Å². The minimum atomic E-state index is -4.54. The second kappa shape index (κ2) is 3.20. The maximum Gasteiger partial charge on any atom is 0.433 e. The molecule has 1 aliphatic carbocycles. The van der Waals surface area contributed by atoms with Crippen molar-refractivity contribution in [3.05, 3.63) is 29.6 Å². The molecule has 0 aliphatic heterocycles. The molecule has 1 fully saturated rings. The highest BCUT2D eigenvalue weighted by Crippen LogP contribution is 2.48. The SMILES string of the molecule is O=C(O)C1(c2cccc(C(F)(F)F)n2)CC1. The van der Waals surface area contributed by atoms with Gasteiger partial charge in [0.15, 0.2) is 0 Å². The van der Waals surface area contributed by atoms with Crippen LogP contribution in [0.2, 0.25) is 0 Å². The van der Waals surface area contributed by atoms with Crippen molar-refractivity contribution in [2.24, 2.45) is 0 Å². The Bertz CT molecular complexity index is 438. The maximum absolute atomic E-state index is 12.4. The number of aliphatic carboxylic acids is 1. The Labute approximate surface area is 88.9 Å². The summed E-state index contributed by atoms with van der Waals surface area (Å²) in [6.45, 7) is 0. The minimum absolute atomic E-state index is 0.00479. The van der Waals surface area contributed by atoms with Gasteiger partial charge in [-0.2, -0.15) is 13.2 Å². The van der Waals surface area contributed by atoms with Crippen LogP contribution in [0, 0.1) is 0 Å². The fraction of sp³-hybridized carbons (Fsp3) is 0.400. The first kappa shape index (κ1) is 10.9. The van der Waals surface area contributed by atoms with Gasteiger partial charge in [-0.25, -0.2) is 4.98 Å². The highest BCUT2D eigenvalue weighted by Gasteiger charge is 2.53. The number of hydrogen-bond donors (Lipinski definition) is 1. The van der Waals surface area contributed by atoms with E-state index in [4.69, 9.17) is 5.11 Å². The molecule has 0 amide bonds. The molecule has 86 valence electrons. The van der Waals surface area contributed by atoms with Gasteiger partial charge >= 0.3 is 12.1 Å². The number of aromatic nitrogens is 1. The molecule has 6 heteroatoms. The van der Waals surface area contributed by atoms with E-state index in [-0.39, 0.29) is 5.69 Å². The number of alkyl halides is 3. The number of carboxylic acid groups (broad SMARTS) is 1. The third-order valence-electron chi connectivity index (χ3n) is 2.69. The summed E-state index contributed by atoms with van der Waals surface area (Å²) < 4.78 is 37.1. The first-order valence-corrected chi connectivity index (χ1v) is 4.64. The van der Waals surface area contributed by atoms with Crippen LogP contribution < -0.4 is 0 Å². The molecule has 1 heterocycles. The first-order valence-electron chi connectivity index (χ1n) is 4.64. The summed E-state index contributed by atoms with van der Waals surface area (Å²) >= 11 is 0. The van der Waals surface area contributed by atoms with Gasteiger partial charge in [0.25, 0.3) is 0 Å². The Morgan fingerprint density at radius 3 is 2.44 bits per heavy atom. The molecule has 0 bridgehead atoms. The standard InChI is InChI=1S/C10H8F3NO2/c11-10(12,13)7-3-1-2-6(14-7)9(4-5-9)8(15)16/h1-3H,4-5H2,(H,15,16). The van der Waals surface area contributed by atoms with Gasteiger partial charge in [0, 0.05) is 0 Å². The van der Waals surface area contributed by atoms with Crippen LogP contribution in [0.3, 0.4) is 0 Å². The molecule has 1 aromatic rings. The average molecular weight is 231 g/mol. The van der Waals surface area contributed by atoms with Gasteiger partial charge in [0.2, 0.25) is 0 Å². The zero-order valence-electron chi connectivity index (χ0n) is 8.08. The number of carbonyl (C=O) groups is 1. The van der Waals surface area contributed by atoms with Crippen LogP contribution in [0.1, 0.15) is 24.2 Å². The monoisotopic (exact) mass is 231 g/mol. The summed E-state index contributed by atoms with van der Waals surface area (Å²) in [6.07, 6.45) is -3.85. The number of hydrogen-bond acceptors (Lipinski definition) is 2. The van der Waals surface area contributed by atoms with Gasteiger partial charge in [-0.05, 0) is 25.0 Å². The fourth-order valence-electron chi connectivity index (χ4n) is 1.56. The predicted molar refractivity (Wildman–Crippen MR) is 47.8 cm³/mol. The number of halogens is 3. The summed E-state index contributed by atoms with van der Waals surface area (Å²) in [5.74, 6) is -1.11. The Hall–Kier alpha value is -1.59. The van der Waals surface area contributed by atoms with Crippen LogP contribution in [0.5, 0.6) is 0 Å². The molecule has 0 spiro atoms. The lowest BCUT2D eigenvalue weighted by atomic mass is 10.0. The fourth-order valence-corrected chi connectivity index (χ4v) is 1.56. The van der Waals surface area contributed by atoms with Crippen LogP contribution in [0.25, 0.3) is 0 Å². The third kappa shape index (κ3) is 1.64. The summed E-state index contributed by atoms with van der Waals surface area (Å²) in [5.41, 5.74) is -2.24. The van der Waals surface area contributed by atoms with Gasteiger partial charge in [-0.3, -0.25) is 4.79 Å². The van der Waals surface area contributed by atoms with Crippen molar-refractivity contribution < 1.29 is 23.1 Å². The zero-order valence-corrected chi connectivity index (χ0v) is 8.08. The molecule has 1 saturated carbocycles. The molecule has 0 radical (unpaired) electrons. The smallest absolute Gasteiger partial charge is 0.433 e. The number of rotatable bonds is 2. The van der Waals surface area contributed by atoms with Crippen molar-refractivity contribution in [3.8, 4) is 0 Å². The number of nitrogens with zero attached hydrogens (tertiary/aromatic N) is 1. The van der Waals surface area contributed by atoms with Crippen LogP contribution in [0.15, 0.2) is 18.2 Å². The highest BCUT2D eigenvalue weighted by molar-refractivity contribution is 5.84. The van der Waals surface area contributed by atoms with Crippen LogP contribution >= 0.6 is 0 Å². The molecule has 3 nitrogen and oxygen atoms in total. The van der Waals surface area contributed by atoms with Gasteiger partial charge in [0.05, 0.1) is 5.69 Å². The van der Waals surface area contributed by atoms with E-state index < -0.39 is 23.3 Å². The van der Waals surface area contributed by atoms with E-state index in [9.17, 15) is 18.0 Å². The third-order valence-corrected chi connectivity index (χ3v) is 2.69. The van der Waals surface area contributed by atoms with Crippen molar-refractivity contribution in [3.63, 3.8) is 0 Å². The Balaban J connectivity index is 2.41. The molecule has 1 aromatic heterocycles. The van der Waals surface area contributed by atoms with E-state index in [0.29, 0.717) is 12.8 Å². The summed E-state index contributed by atoms with van der Waals surface area (Å²) in [7, 11) is 0. The Morgan fingerprint density at radius 2 is 2.00 bits per heavy atom. The maximum atomic E-state index is 12.4. The van der Waals surface area contributed by atoms with E-state index in [1.165, 1.54) is 12.1 Å². The quantitative estimate of drug-likeness (QED) is 0.848. The van der Waals surface area contributed by atoms with Gasteiger partial charge < -0.3 is 5.11 Å². The lowest BCUT2D eigenvalue weighted by Gasteiger charge is -2.11. The topological polar surface area (TPSA) is 50.2 Å². The molecular formula is C10H8F3NO2. The molecule has 16 heavy (non-hydrogen) atoms. The molecular weight excluding hydrogens is 223 g/mol. The summed E-state index contributed by atoms with van der Waals surface area (Å²) in [4.78, 5) is 14.3. The first-order chi connectivity index (χ1) is 7.36. The van der Waals surface area contributed by atoms with E-state index in [2.05, 4.69) is 4.98 Å². The lowest BCUT2D eigenvalue weighted by molar-refractivity contribution is -0.143. The highest BCUT2D eigenvalue weighted by atomic mass is 19.4. The Morgan fingerprint density at radius 1 is 1.38 bits per heavy atom. The van der Waals surface area contributed by atoms with Crippen molar-refractivity contribution in [1.82, 2.24) is 4.98 Å². The van der Waals surface area contributed by atoms with Gasteiger partial charge in [-0.15, -0.1) is 0 Å². The number of carboxylic acids is 1. The molecule has 1 aliphatic rings. The van der Waals surface area contributed by atoms with Gasteiger partial charge in [-0.1, -0.05) is 6.07 Å². The van der Waals surface area contributed by atoms with Crippen molar-refractivity contribution >= 4 is 5.97 Å². The second-order valence-corrected chi connectivity index (χ2v) is 3.79. The summed E-state index contributed by atoms with van der Waals surface area (Å²) in [6, 6.07) is 3.35.